The van der Waals surface area contributed by atoms with Crippen LogP contribution in [0, 0.1) is 0 Å². The first-order chi connectivity index (χ1) is 24.1. The Bertz CT molecular complexity index is 1760. The van der Waals surface area contributed by atoms with Crippen molar-refractivity contribution in [3.63, 3.8) is 0 Å². The maximum absolute atomic E-state index is 5.95. The van der Waals surface area contributed by atoms with Crippen LogP contribution in [0.3, 0.4) is 0 Å². The predicted octanol–water partition coefficient (Wildman–Crippen LogP) is 8.75. The van der Waals surface area contributed by atoms with Crippen molar-refractivity contribution in [2.45, 2.75) is 58.6 Å². The van der Waals surface area contributed by atoms with Crippen LogP contribution in [-0.2, 0) is 26.2 Å². The fourth-order valence-corrected chi connectivity index (χ4v) is 6.12. The van der Waals surface area contributed by atoms with Crippen molar-refractivity contribution in [3.05, 3.63) is 103 Å². The summed E-state index contributed by atoms with van der Waals surface area (Å²) in [5.74, 6) is 1.64. The third-order valence-corrected chi connectivity index (χ3v) is 8.94. The number of nitrogens with one attached hydrogen (secondary N) is 3. The number of ether oxygens (including phenoxy) is 4. The van der Waals surface area contributed by atoms with Crippen LogP contribution in [0.5, 0.6) is 5.75 Å². The normalized spacial score (nSPS) is 14.2. The number of benzene rings is 3. The van der Waals surface area contributed by atoms with Crippen LogP contribution in [0.1, 0.15) is 51.8 Å². The van der Waals surface area contributed by atoms with Crippen molar-refractivity contribution in [3.8, 4) is 16.9 Å². The summed E-state index contributed by atoms with van der Waals surface area (Å²) in [6.07, 6.45) is 3.90. The fourth-order valence-electron chi connectivity index (χ4n) is 6.12. The van der Waals surface area contributed by atoms with Gasteiger partial charge in [0.25, 0.3) is 0 Å². The molecule has 4 aromatic rings. The molecule has 1 aliphatic heterocycles. The third kappa shape index (κ3) is 9.35. The molecule has 266 valence electrons. The number of rotatable bonds is 16. The third-order valence-electron chi connectivity index (χ3n) is 8.94. The molecule has 1 aliphatic rings. The molecule has 0 amide bonds. The summed E-state index contributed by atoms with van der Waals surface area (Å²) in [6, 6.07) is 21.1. The van der Waals surface area contributed by atoms with E-state index in [1.807, 2.05) is 6.20 Å². The van der Waals surface area contributed by atoms with Crippen LogP contribution in [0.2, 0.25) is 0 Å². The summed E-state index contributed by atoms with van der Waals surface area (Å²) in [5.41, 5.74) is 6.66. The van der Waals surface area contributed by atoms with E-state index in [9.17, 15) is 0 Å². The zero-order valence-corrected chi connectivity index (χ0v) is 30.5. The molecule has 0 aliphatic carbocycles. The van der Waals surface area contributed by atoms with E-state index in [-0.39, 0.29) is 11.5 Å². The van der Waals surface area contributed by atoms with Gasteiger partial charge in [0.05, 0.1) is 43.5 Å². The van der Waals surface area contributed by atoms with Crippen molar-refractivity contribution in [2.75, 3.05) is 63.1 Å². The molecule has 50 heavy (non-hydrogen) atoms. The fraction of sp³-hybridized carbons (Fsp3) is 0.390. The SMILES string of the molecule is C=C(Nc1cc(C(C)(C)C)cc(NC(=C)OCC(CCC)OC)c1OC)Nc1ccc(-c2ccc(CN3CCOCC3)nc2)c2ccccc12. The zero-order valence-electron chi connectivity index (χ0n) is 30.5. The van der Waals surface area contributed by atoms with Gasteiger partial charge in [0.15, 0.2) is 11.6 Å². The van der Waals surface area contributed by atoms with E-state index in [1.54, 1.807) is 14.2 Å². The molecule has 3 aromatic carbocycles. The average molecular weight is 680 g/mol. The molecule has 1 fully saturated rings. The molecule has 0 spiro atoms. The lowest BCUT2D eigenvalue weighted by Gasteiger charge is -2.26. The van der Waals surface area contributed by atoms with E-state index in [2.05, 4.69) is 122 Å². The lowest BCUT2D eigenvalue weighted by molar-refractivity contribution is 0.0294. The van der Waals surface area contributed by atoms with Crippen LogP contribution >= 0.6 is 0 Å². The monoisotopic (exact) mass is 679 g/mol. The maximum atomic E-state index is 5.95. The molecule has 1 atom stereocenters. The number of anilines is 3. The van der Waals surface area contributed by atoms with Crippen molar-refractivity contribution in [1.29, 1.82) is 0 Å². The molecular formula is C41H53N5O4. The standard InChI is InChI=1S/C41H53N5O4/c1-9-12-33(47-7)27-50-29(3)45-39-24-31(41(4,5)6)23-38(40(39)48-8)44-28(2)43-37-18-17-34(35-13-10-11-14-36(35)37)30-15-16-32(42-25-30)26-46-19-21-49-22-20-46/h10-11,13-18,23-25,33,43-45H,2-3,9,12,19-22,26-27H2,1,4-8H3. The first-order valence-electron chi connectivity index (χ1n) is 17.4. The highest BCUT2D eigenvalue weighted by Crippen LogP contribution is 2.40. The van der Waals surface area contributed by atoms with Crippen molar-refractivity contribution >= 4 is 27.8 Å². The lowest BCUT2D eigenvalue weighted by Crippen LogP contribution is -2.35. The molecule has 2 heterocycles. The van der Waals surface area contributed by atoms with Gasteiger partial charge < -0.3 is 34.9 Å². The van der Waals surface area contributed by atoms with Gasteiger partial charge in [0, 0.05) is 49.6 Å². The van der Waals surface area contributed by atoms with Crippen LogP contribution < -0.4 is 20.7 Å². The summed E-state index contributed by atoms with van der Waals surface area (Å²) in [4.78, 5) is 7.19. The molecule has 0 bridgehead atoms. The quantitative estimate of drug-likeness (QED) is 0.101. The highest BCUT2D eigenvalue weighted by molar-refractivity contribution is 6.03. The molecule has 1 saturated heterocycles. The molecule has 0 radical (unpaired) electrons. The van der Waals surface area contributed by atoms with Gasteiger partial charge in [-0.1, -0.05) is 77.1 Å². The highest BCUT2D eigenvalue weighted by Gasteiger charge is 2.21. The summed E-state index contributed by atoms with van der Waals surface area (Å²) in [5, 5.41) is 12.5. The minimum Gasteiger partial charge on any atom is -0.492 e. The lowest BCUT2D eigenvalue weighted by atomic mass is 9.86. The molecule has 1 unspecified atom stereocenters. The average Bonchev–Trinajstić information content (AvgIpc) is 3.10. The second kappa shape index (κ2) is 16.9. The van der Waals surface area contributed by atoms with Gasteiger partial charge in [-0.3, -0.25) is 9.88 Å². The van der Waals surface area contributed by atoms with Gasteiger partial charge in [0.1, 0.15) is 12.4 Å². The second-order valence-corrected chi connectivity index (χ2v) is 13.7. The number of methoxy groups -OCH3 is 2. The smallest absolute Gasteiger partial charge is 0.183 e. The largest absolute Gasteiger partial charge is 0.492 e. The van der Waals surface area contributed by atoms with E-state index in [1.165, 1.54) is 0 Å². The van der Waals surface area contributed by atoms with Gasteiger partial charge in [-0.25, -0.2) is 0 Å². The van der Waals surface area contributed by atoms with Gasteiger partial charge in [-0.15, -0.1) is 0 Å². The van der Waals surface area contributed by atoms with Crippen LogP contribution in [-0.4, -0.2) is 63.1 Å². The van der Waals surface area contributed by atoms with Crippen molar-refractivity contribution in [2.24, 2.45) is 0 Å². The Morgan fingerprint density at radius 1 is 0.920 bits per heavy atom. The minimum atomic E-state index is -0.139. The first kappa shape index (κ1) is 36.7. The van der Waals surface area contributed by atoms with Gasteiger partial charge >= 0.3 is 0 Å². The van der Waals surface area contributed by atoms with Crippen LogP contribution in [0.25, 0.3) is 21.9 Å². The summed E-state index contributed by atoms with van der Waals surface area (Å²) >= 11 is 0. The van der Waals surface area contributed by atoms with Crippen molar-refractivity contribution < 1.29 is 18.9 Å². The van der Waals surface area contributed by atoms with Crippen molar-refractivity contribution in [1.82, 2.24) is 9.88 Å². The summed E-state index contributed by atoms with van der Waals surface area (Å²) < 4.78 is 22.9. The van der Waals surface area contributed by atoms with E-state index < -0.39 is 0 Å². The number of fused-ring (bicyclic) bond motifs is 1. The Kier molecular flexibility index (Phi) is 12.4. The number of hydrogen-bond acceptors (Lipinski definition) is 9. The Morgan fingerprint density at radius 3 is 2.26 bits per heavy atom. The van der Waals surface area contributed by atoms with Gasteiger partial charge in [-0.05, 0) is 59.2 Å². The Balaban J connectivity index is 1.35. The molecular weight excluding hydrogens is 626 g/mol. The Morgan fingerprint density at radius 2 is 1.62 bits per heavy atom. The molecule has 1 aromatic heterocycles. The topological polar surface area (TPSA) is 89.1 Å². The number of hydrogen-bond donors (Lipinski definition) is 3. The van der Waals surface area contributed by atoms with E-state index in [0.717, 1.165) is 95.9 Å². The summed E-state index contributed by atoms with van der Waals surface area (Å²) in [7, 11) is 3.36. The molecule has 9 heteroatoms. The number of nitrogens with zero attached hydrogens (tertiary/aromatic N) is 2. The molecule has 9 nitrogen and oxygen atoms in total. The minimum absolute atomic E-state index is 0.000847. The van der Waals surface area contributed by atoms with Gasteiger partial charge in [0.2, 0.25) is 0 Å². The first-order valence-corrected chi connectivity index (χ1v) is 17.4. The molecule has 0 saturated carbocycles. The van der Waals surface area contributed by atoms with E-state index >= 15 is 0 Å². The van der Waals surface area contributed by atoms with Crippen LogP contribution in [0.4, 0.5) is 17.1 Å². The Labute approximate surface area is 297 Å². The molecule has 3 N–H and O–H groups in total. The molecule has 5 rings (SSSR count). The van der Waals surface area contributed by atoms with Gasteiger partial charge in [-0.2, -0.15) is 0 Å². The van der Waals surface area contributed by atoms with Crippen LogP contribution in [0.15, 0.2) is 91.7 Å². The zero-order chi connectivity index (χ0) is 35.7. The second-order valence-electron chi connectivity index (χ2n) is 13.7. The maximum Gasteiger partial charge on any atom is 0.183 e. The number of pyridine rings is 1. The predicted molar refractivity (Wildman–Crippen MR) is 206 cm³/mol. The van der Waals surface area contributed by atoms with E-state index in [4.69, 9.17) is 23.9 Å². The van der Waals surface area contributed by atoms with E-state index in [0.29, 0.717) is 24.1 Å². The summed E-state index contributed by atoms with van der Waals surface area (Å²) in [6.45, 7) is 21.8. The highest BCUT2D eigenvalue weighted by atomic mass is 16.5. The Hall–Kier alpha value is -4.57. The number of aromatic nitrogens is 1. The number of morpholine rings is 1.